The minimum absolute atomic E-state index is 0.508. The van der Waals surface area contributed by atoms with Gasteiger partial charge in [0, 0.05) is 13.0 Å². The maximum absolute atomic E-state index is 5.96. The third-order valence-electron chi connectivity index (χ3n) is 3.52. The van der Waals surface area contributed by atoms with E-state index in [2.05, 4.69) is 31.2 Å². The molecule has 0 saturated heterocycles. The van der Waals surface area contributed by atoms with Crippen LogP contribution in [0.1, 0.15) is 37.3 Å². The van der Waals surface area contributed by atoms with E-state index in [1.807, 2.05) is 7.05 Å². The molecule has 7 heteroatoms. The Morgan fingerprint density at radius 2 is 2.10 bits per heavy atom. The molecule has 1 fully saturated rings. The van der Waals surface area contributed by atoms with Crippen molar-refractivity contribution in [3.63, 3.8) is 0 Å². The fraction of sp³-hybridized carbons (Fsp3) is 0.462. The maximum Gasteiger partial charge on any atom is 0.191 e. The quantitative estimate of drug-likeness (QED) is 0.846. The molecule has 0 amide bonds. The molecule has 0 spiro atoms. The summed E-state index contributed by atoms with van der Waals surface area (Å²) < 4.78 is 1.62. The molecule has 0 radical (unpaired) electrons. The Bertz CT molecular complexity index is 625. The van der Waals surface area contributed by atoms with Gasteiger partial charge >= 0.3 is 0 Å². The summed E-state index contributed by atoms with van der Waals surface area (Å²) in [7, 11) is 1.87. The molecular weight excluding hydrogens is 360 g/mol. The summed E-state index contributed by atoms with van der Waals surface area (Å²) in [5.74, 6) is 1.97. The fourth-order valence-electron chi connectivity index (χ4n) is 2.55. The summed E-state index contributed by atoms with van der Waals surface area (Å²) >= 11 is 11.0. The average Bonchev–Trinajstić information content (AvgIpc) is 3.10. The molecule has 0 aromatic carbocycles. The first kappa shape index (κ1) is 14.2. The van der Waals surface area contributed by atoms with Gasteiger partial charge in [-0.25, -0.2) is 15.0 Å². The predicted molar refractivity (Wildman–Crippen MR) is 86.6 cm³/mol. The van der Waals surface area contributed by atoms with E-state index in [9.17, 15) is 0 Å². The number of thiazole rings is 1. The molecule has 2 aromatic rings. The zero-order valence-electron chi connectivity index (χ0n) is 11.0. The van der Waals surface area contributed by atoms with Gasteiger partial charge in [-0.05, 0) is 28.8 Å². The van der Waals surface area contributed by atoms with Crippen LogP contribution in [-0.2, 0) is 0 Å². The number of halogens is 2. The molecule has 1 aliphatic carbocycles. The van der Waals surface area contributed by atoms with Crippen molar-refractivity contribution in [3.05, 3.63) is 20.7 Å². The SMILES string of the molecule is CNc1nc(-c2ncc(Cl)s2)nc(C2CCCC2)c1Br. The van der Waals surface area contributed by atoms with Crippen molar-refractivity contribution in [1.82, 2.24) is 15.0 Å². The van der Waals surface area contributed by atoms with Crippen LogP contribution in [0.5, 0.6) is 0 Å². The zero-order chi connectivity index (χ0) is 14.1. The number of anilines is 1. The summed E-state index contributed by atoms with van der Waals surface area (Å²) in [6.07, 6.45) is 6.57. The number of hydrogen-bond acceptors (Lipinski definition) is 5. The highest BCUT2D eigenvalue weighted by Gasteiger charge is 2.24. The summed E-state index contributed by atoms with van der Waals surface area (Å²) in [4.78, 5) is 13.5. The summed E-state index contributed by atoms with van der Waals surface area (Å²) in [5.41, 5.74) is 1.09. The van der Waals surface area contributed by atoms with Crippen molar-refractivity contribution in [2.45, 2.75) is 31.6 Å². The molecule has 1 saturated carbocycles. The van der Waals surface area contributed by atoms with Gasteiger partial charge in [0.05, 0.1) is 16.4 Å². The molecule has 0 atom stereocenters. The highest BCUT2D eigenvalue weighted by Crippen LogP contribution is 2.40. The van der Waals surface area contributed by atoms with Crippen LogP contribution in [-0.4, -0.2) is 22.0 Å². The van der Waals surface area contributed by atoms with Crippen LogP contribution in [0.15, 0.2) is 10.7 Å². The third kappa shape index (κ3) is 2.69. The molecule has 20 heavy (non-hydrogen) atoms. The van der Waals surface area contributed by atoms with Crippen molar-refractivity contribution >= 4 is 44.7 Å². The van der Waals surface area contributed by atoms with Crippen molar-refractivity contribution in [1.29, 1.82) is 0 Å². The average molecular weight is 374 g/mol. The molecule has 3 rings (SSSR count). The minimum Gasteiger partial charge on any atom is -0.372 e. The second kappa shape index (κ2) is 5.95. The third-order valence-corrected chi connectivity index (χ3v) is 5.42. The zero-order valence-corrected chi connectivity index (χ0v) is 14.1. The van der Waals surface area contributed by atoms with Crippen molar-refractivity contribution in [2.24, 2.45) is 0 Å². The van der Waals surface area contributed by atoms with E-state index in [0.29, 0.717) is 16.1 Å². The molecule has 4 nitrogen and oxygen atoms in total. The number of rotatable bonds is 3. The molecule has 1 N–H and O–H groups in total. The highest BCUT2D eigenvalue weighted by molar-refractivity contribution is 9.10. The van der Waals surface area contributed by atoms with Gasteiger partial charge in [0.2, 0.25) is 0 Å². The first-order valence-corrected chi connectivity index (χ1v) is 8.54. The first-order valence-electron chi connectivity index (χ1n) is 6.56. The van der Waals surface area contributed by atoms with Gasteiger partial charge < -0.3 is 5.32 Å². The van der Waals surface area contributed by atoms with Crippen molar-refractivity contribution in [3.8, 4) is 10.8 Å². The lowest BCUT2D eigenvalue weighted by Crippen LogP contribution is -2.06. The molecule has 0 aliphatic heterocycles. The fourth-order valence-corrected chi connectivity index (χ4v) is 4.10. The second-order valence-corrected chi connectivity index (χ2v) is 7.25. The van der Waals surface area contributed by atoms with Crippen LogP contribution in [0, 0.1) is 0 Å². The van der Waals surface area contributed by atoms with Gasteiger partial charge in [-0.2, -0.15) is 0 Å². The van der Waals surface area contributed by atoms with Gasteiger partial charge in [0.25, 0.3) is 0 Å². The van der Waals surface area contributed by atoms with E-state index in [-0.39, 0.29) is 0 Å². The standard InChI is InChI=1S/C13H14BrClN4S/c1-16-11-9(14)10(7-4-2-3-5-7)18-12(19-11)13-17-6-8(15)20-13/h6-7H,2-5H2,1H3,(H,16,18,19). The normalized spacial score (nSPS) is 15.8. The maximum atomic E-state index is 5.96. The number of nitrogens with zero attached hydrogens (tertiary/aromatic N) is 3. The van der Waals surface area contributed by atoms with Crippen molar-refractivity contribution < 1.29 is 0 Å². The Balaban J connectivity index is 2.09. The lowest BCUT2D eigenvalue weighted by molar-refractivity contribution is 0.691. The Kier molecular flexibility index (Phi) is 4.23. The van der Waals surface area contributed by atoms with Gasteiger partial charge in [-0.15, -0.1) is 0 Å². The molecule has 0 unspecified atom stereocenters. The van der Waals surface area contributed by atoms with E-state index in [1.165, 1.54) is 37.0 Å². The smallest absolute Gasteiger partial charge is 0.191 e. The van der Waals surface area contributed by atoms with Crippen LogP contribution in [0.25, 0.3) is 10.8 Å². The van der Waals surface area contributed by atoms with Gasteiger partial charge in [-0.1, -0.05) is 35.8 Å². The first-order chi connectivity index (χ1) is 9.69. The van der Waals surface area contributed by atoms with Crippen LogP contribution in [0.2, 0.25) is 4.34 Å². The van der Waals surface area contributed by atoms with E-state index in [4.69, 9.17) is 16.6 Å². The van der Waals surface area contributed by atoms with E-state index in [0.717, 1.165) is 21.0 Å². The number of aromatic nitrogens is 3. The molecule has 106 valence electrons. The Morgan fingerprint density at radius 3 is 2.70 bits per heavy atom. The van der Waals surface area contributed by atoms with Gasteiger partial charge in [0.15, 0.2) is 10.8 Å². The van der Waals surface area contributed by atoms with Crippen LogP contribution >= 0.6 is 38.9 Å². The Hall–Kier alpha value is -0.720. The molecule has 1 aliphatic rings. The summed E-state index contributed by atoms with van der Waals surface area (Å²) in [6, 6.07) is 0. The Morgan fingerprint density at radius 1 is 1.35 bits per heavy atom. The summed E-state index contributed by atoms with van der Waals surface area (Å²) in [6.45, 7) is 0. The molecular formula is C13H14BrClN4S. The lowest BCUT2D eigenvalue weighted by atomic mass is 10.0. The van der Waals surface area contributed by atoms with Crippen molar-refractivity contribution in [2.75, 3.05) is 12.4 Å². The minimum atomic E-state index is 0.508. The van der Waals surface area contributed by atoms with E-state index < -0.39 is 0 Å². The number of hydrogen-bond donors (Lipinski definition) is 1. The predicted octanol–water partition coefficient (Wildman–Crippen LogP) is 4.72. The molecule has 2 heterocycles. The summed E-state index contributed by atoms with van der Waals surface area (Å²) in [5, 5.41) is 3.88. The van der Waals surface area contributed by atoms with Crippen LogP contribution < -0.4 is 5.32 Å². The monoisotopic (exact) mass is 372 g/mol. The number of nitrogens with one attached hydrogen (secondary N) is 1. The second-order valence-electron chi connectivity index (χ2n) is 4.80. The van der Waals surface area contributed by atoms with Gasteiger partial charge in [0.1, 0.15) is 10.2 Å². The largest absolute Gasteiger partial charge is 0.372 e. The van der Waals surface area contributed by atoms with Gasteiger partial charge in [-0.3, -0.25) is 0 Å². The Labute approximate surface area is 135 Å². The molecule has 2 aromatic heterocycles. The van der Waals surface area contributed by atoms with Crippen LogP contribution in [0.4, 0.5) is 5.82 Å². The topological polar surface area (TPSA) is 50.7 Å². The van der Waals surface area contributed by atoms with E-state index >= 15 is 0 Å². The molecule has 0 bridgehead atoms. The lowest BCUT2D eigenvalue weighted by Gasteiger charge is -2.14. The van der Waals surface area contributed by atoms with Crippen LogP contribution in [0.3, 0.4) is 0 Å². The van der Waals surface area contributed by atoms with E-state index in [1.54, 1.807) is 6.20 Å². The highest BCUT2D eigenvalue weighted by atomic mass is 79.9.